The molecule has 0 bridgehead atoms. The van der Waals surface area contributed by atoms with Gasteiger partial charge in [-0.25, -0.2) is 0 Å². The lowest BCUT2D eigenvalue weighted by Crippen LogP contribution is -2.46. The Hall–Kier alpha value is -1.65. The molecule has 0 saturated carbocycles. The monoisotopic (exact) mass is 281 g/mol. The SMILES string of the molecule is CC1(C)OB(c2ccccc2)OC1(C)Cc1ccccn1. The summed E-state index contributed by atoms with van der Waals surface area (Å²) in [6, 6.07) is 16.0. The van der Waals surface area contributed by atoms with Crippen LogP contribution in [0.2, 0.25) is 0 Å². The van der Waals surface area contributed by atoms with Crippen LogP contribution in [0.15, 0.2) is 54.7 Å². The maximum absolute atomic E-state index is 6.29. The highest BCUT2D eigenvalue weighted by atomic mass is 16.7. The molecule has 1 aromatic carbocycles. The van der Waals surface area contributed by atoms with E-state index in [-0.39, 0.29) is 12.7 Å². The van der Waals surface area contributed by atoms with E-state index in [0.717, 1.165) is 17.6 Å². The summed E-state index contributed by atoms with van der Waals surface area (Å²) in [6.07, 6.45) is 2.54. The molecular weight excluding hydrogens is 261 g/mol. The smallest absolute Gasteiger partial charge is 0.399 e. The Morgan fingerprint density at radius 1 is 0.952 bits per heavy atom. The van der Waals surface area contributed by atoms with Gasteiger partial charge in [-0.3, -0.25) is 4.98 Å². The lowest BCUT2D eigenvalue weighted by atomic mass is 9.79. The van der Waals surface area contributed by atoms with Crippen molar-refractivity contribution in [3.63, 3.8) is 0 Å². The Morgan fingerprint density at radius 2 is 1.67 bits per heavy atom. The maximum Gasteiger partial charge on any atom is 0.494 e. The highest BCUT2D eigenvalue weighted by molar-refractivity contribution is 6.62. The average Bonchev–Trinajstić information content (AvgIpc) is 2.71. The Balaban J connectivity index is 1.85. The second-order valence-electron chi connectivity index (χ2n) is 6.22. The molecule has 1 fully saturated rings. The predicted molar refractivity (Wildman–Crippen MR) is 84.4 cm³/mol. The predicted octanol–water partition coefficient (Wildman–Crippen LogP) is 2.60. The molecule has 1 aromatic heterocycles. The van der Waals surface area contributed by atoms with Gasteiger partial charge in [0.15, 0.2) is 0 Å². The molecule has 1 aliphatic heterocycles. The van der Waals surface area contributed by atoms with Gasteiger partial charge in [-0.05, 0) is 38.4 Å². The highest BCUT2D eigenvalue weighted by Crippen LogP contribution is 2.39. The van der Waals surface area contributed by atoms with Crippen molar-refractivity contribution in [1.29, 1.82) is 0 Å². The van der Waals surface area contributed by atoms with E-state index >= 15 is 0 Å². The van der Waals surface area contributed by atoms with Gasteiger partial charge in [0.05, 0.1) is 11.2 Å². The van der Waals surface area contributed by atoms with Crippen LogP contribution >= 0.6 is 0 Å². The molecular formula is C17H20BNO2. The second-order valence-corrected chi connectivity index (χ2v) is 6.22. The van der Waals surface area contributed by atoms with E-state index in [9.17, 15) is 0 Å². The minimum absolute atomic E-state index is 0.324. The third-order valence-corrected chi connectivity index (χ3v) is 4.36. The van der Waals surface area contributed by atoms with E-state index in [1.165, 1.54) is 0 Å². The van der Waals surface area contributed by atoms with E-state index in [1.807, 2.05) is 54.7 Å². The van der Waals surface area contributed by atoms with Gasteiger partial charge in [-0.2, -0.15) is 0 Å². The zero-order valence-corrected chi connectivity index (χ0v) is 12.7. The highest BCUT2D eigenvalue weighted by Gasteiger charge is 2.54. The molecule has 1 atom stereocenters. The molecule has 4 heteroatoms. The molecule has 0 aliphatic carbocycles. The molecule has 0 radical (unpaired) electrons. The fourth-order valence-corrected chi connectivity index (χ4v) is 2.64. The largest absolute Gasteiger partial charge is 0.494 e. The van der Waals surface area contributed by atoms with E-state index in [0.29, 0.717) is 0 Å². The molecule has 2 heterocycles. The minimum Gasteiger partial charge on any atom is -0.399 e. The van der Waals surface area contributed by atoms with Gasteiger partial charge < -0.3 is 9.31 Å². The van der Waals surface area contributed by atoms with Crippen molar-refractivity contribution in [1.82, 2.24) is 4.98 Å². The third kappa shape index (κ3) is 2.74. The average molecular weight is 281 g/mol. The number of nitrogens with zero attached hydrogens (tertiary/aromatic N) is 1. The Labute approximate surface area is 126 Å². The number of pyridine rings is 1. The lowest BCUT2D eigenvalue weighted by Gasteiger charge is -2.36. The zero-order valence-electron chi connectivity index (χ0n) is 12.7. The summed E-state index contributed by atoms with van der Waals surface area (Å²) in [4.78, 5) is 4.42. The summed E-state index contributed by atoms with van der Waals surface area (Å²) in [7, 11) is -0.324. The van der Waals surface area contributed by atoms with Crippen LogP contribution in [-0.2, 0) is 15.7 Å². The molecule has 2 aromatic rings. The summed E-state index contributed by atoms with van der Waals surface area (Å²) >= 11 is 0. The van der Waals surface area contributed by atoms with Crippen LogP contribution in [-0.4, -0.2) is 23.3 Å². The molecule has 21 heavy (non-hydrogen) atoms. The Bertz CT molecular complexity index is 603. The molecule has 0 amide bonds. The first-order valence-electron chi connectivity index (χ1n) is 7.31. The fourth-order valence-electron chi connectivity index (χ4n) is 2.64. The summed E-state index contributed by atoms with van der Waals surface area (Å²) in [5.41, 5.74) is 1.27. The van der Waals surface area contributed by atoms with E-state index in [2.05, 4.69) is 25.8 Å². The second kappa shape index (κ2) is 5.28. The summed E-state index contributed by atoms with van der Waals surface area (Å²) < 4.78 is 12.5. The van der Waals surface area contributed by atoms with Crippen molar-refractivity contribution in [3.8, 4) is 0 Å². The van der Waals surface area contributed by atoms with Crippen LogP contribution in [0.4, 0.5) is 0 Å². The molecule has 1 saturated heterocycles. The van der Waals surface area contributed by atoms with E-state index in [4.69, 9.17) is 9.31 Å². The quantitative estimate of drug-likeness (QED) is 0.810. The van der Waals surface area contributed by atoms with E-state index in [1.54, 1.807) is 0 Å². The molecule has 108 valence electrons. The van der Waals surface area contributed by atoms with Gasteiger partial charge in [0, 0.05) is 18.3 Å². The third-order valence-electron chi connectivity index (χ3n) is 4.36. The summed E-state index contributed by atoms with van der Waals surface area (Å²) in [6.45, 7) is 6.27. The van der Waals surface area contributed by atoms with E-state index < -0.39 is 5.60 Å². The number of rotatable bonds is 3. The van der Waals surface area contributed by atoms with Gasteiger partial charge >= 0.3 is 7.12 Å². The van der Waals surface area contributed by atoms with Gasteiger partial charge in [0.2, 0.25) is 0 Å². The van der Waals surface area contributed by atoms with Crippen molar-refractivity contribution in [3.05, 3.63) is 60.4 Å². The summed E-state index contributed by atoms with van der Waals surface area (Å²) in [5.74, 6) is 0. The molecule has 3 nitrogen and oxygen atoms in total. The standard InChI is InChI=1S/C17H20BNO2/c1-16(2)17(3,13-15-11-7-8-12-19-15)21-18(20-16)14-9-5-4-6-10-14/h4-12H,13H2,1-3H3. The van der Waals surface area contributed by atoms with Gasteiger partial charge in [-0.1, -0.05) is 36.4 Å². The van der Waals surface area contributed by atoms with Crippen LogP contribution in [0.5, 0.6) is 0 Å². The Kier molecular flexibility index (Phi) is 3.60. The van der Waals surface area contributed by atoms with Crippen LogP contribution in [0.3, 0.4) is 0 Å². The van der Waals surface area contributed by atoms with Crippen LogP contribution in [0.25, 0.3) is 0 Å². The van der Waals surface area contributed by atoms with Crippen molar-refractivity contribution in [2.24, 2.45) is 0 Å². The van der Waals surface area contributed by atoms with Crippen LogP contribution in [0, 0.1) is 0 Å². The topological polar surface area (TPSA) is 31.4 Å². The molecule has 1 aliphatic rings. The minimum atomic E-state index is -0.415. The first kappa shape index (κ1) is 14.3. The van der Waals surface area contributed by atoms with Crippen LogP contribution in [0.1, 0.15) is 26.5 Å². The number of benzene rings is 1. The molecule has 1 unspecified atom stereocenters. The lowest BCUT2D eigenvalue weighted by molar-refractivity contribution is -0.00944. The maximum atomic E-state index is 6.29. The summed E-state index contributed by atoms with van der Waals surface area (Å²) in [5, 5.41) is 0. The van der Waals surface area contributed by atoms with Crippen molar-refractivity contribution >= 4 is 12.6 Å². The Morgan fingerprint density at radius 3 is 2.33 bits per heavy atom. The first-order valence-corrected chi connectivity index (χ1v) is 7.31. The van der Waals surface area contributed by atoms with Gasteiger partial charge in [0.1, 0.15) is 0 Å². The molecule has 3 rings (SSSR count). The molecule has 0 N–H and O–H groups in total. The fraction of sp³-hybridized carbons (Fsp3) is 0.353. The normalized spacial score (nSPS) is 24.2. The number of hydrogen-bond donors (Lipinski definition) is 0. The number of hydrogen-bond acceptors (Lipinski definition) is 3. The molecule has 0 spiro atoms. The number of aromatic nitrogens is 1. The first-order chi connectivity index (χ1) is 10.0. The van der Waals surface area contributed by atoms with Crippen molar-refractivity contribution in [2.75, 3.05) is 0 Å². The zero-order chi connectivity index (χ0) is 14.9. The van der Waals surface area contributed by atoms with Gasteiger partial charge in [-0.15, -0.1) is 0 Å². The van der Waals surface area contributed by atoms with Crippen molar-refractivity contribution < 1.29 is 9.31 Å². The van der Waals surface area contributed by atoms with Crippen molar-refractivity contribution in [2.45, 2.75) is 38.4 Å². The van der Waals surface area contributed by atoms with Crippen LogP contribution < -0.4 is 5.46 Å². The van der Waals surface area contributed by atoms with Gasteiger partial charge in [0.25, 0.3) is 0 Å².